The number of nitrogens with two attached hydrogens (primary N) is 1. The van der Waals surface area contributed by atoms with Crippen LogP contribution in [0, 0.1) is 11.8 Å². The number of amides is 1. The van der Waals surface area contributed by atoms with Crippen LogP contribution in [0.2, 0.25) is 5.02 Å². The molecule has 0 saturated heterocycles. The lowest BCUT2D eigenvalue weighted by Crippen LogP contribution is -2.56. The number of hydrogen-bond donors (Lipinski definition) is 2. The fraction of sp³-hybridized carbons (Fsp3) is 0.630. The molecule has 0 radical (unpaired) electrons. The van der Waals surface area contributed by atoms with Crippen molar-refractivity contribution in [1.29, 1.82) is 0 Å². The number of carbonyl (C=O) groups excluding carboxylic acids is 1. The lowest BCUT2D eigenvalue weighted by atomic mass is 9.71. The highest BCUT2D eigenvalue weighted by Gasteiger charge is 2.54. The first-order valence-corrected chi connectivity index (χ1v) is 13.7. The second kappa shape index (κ2) is 10.3. The summed E-state index contributed by atoms with van der Waals surface area (Å²) in [5, 5.41) is 4.32. The highest BCUT2D eigenvalue weighted by atomic mass is 35.5. The fourth-order valence-corrected chi connectivity index (χ4v) is 6.62. The van der Waals surface area contributed by atoms with E-state index in [4.69, 9.17) is 27.3 Å². The van der Waals surface area contributed by atoms with Gasteiger partial charge in [0.05, 0.1) is 23.3 Å². The van der Waals surface area contributed by atoms with Crippen LogP contribution < -0.4 is 11.1 Å². The smallest absolute Gasteiger partial charge is 0.259 e. The molecule has 1 aromatic carbocycles. The van der Waals surface area contributed by atoms with Gasteiger partial charge in [-0.2, -0.15) is 0 Å². The molecule has 1 aliphatic heterocycles. The molecule has 188 valence electrons. The van der Waals surface area contributed by atoms with Gasteiger partial charge in [-0.1, -0.05) is 63.0 Å². The van der Waals surface area contributed by atoms with Gasteiger partial charge in [0.1, 0.15) is 5.82 Å². The van der Waals surface area contributed by atoms with E-state index in [-0.39, 0.29) is 11.9 Å². The molecular weight excluding hydrogens is 460 g/mol. The van der Waals surface area contributed by atoms with Crippen LogP contribution in [-0.2, 0) is 4.79 Å². The van der Waals surface area contributed by atoms with Gasteiger partial charge in [-0.25, -0.2) is 9.98 Å². The molecule has 5 rings (SSSR count). The van der Waals surface area contributed by atoms with Crippen molar-refractivity contribution in [2.45, 2.75) is 88.6 Å². The van der Waals surface area contributed by atoms with E-state index in [2.05, 4.69) is 10.3 Å². The average Bonchev–Trinajstić information content (AvgIpc) is 3.11. The molecule has 2 fully saturated rings. The summed E-state index contributed by atoms with van der Waals surface area (Å²) in [5.74, 6) is 1.98. The van der Waals surface area contributed by atoms with E-state index >= 15 is 0 Å². The van der Waals surface area contributed by atoms with Crippen molar-refractivity contribution in [2.24, 2.45) is 22.6 Å². The highest BCUT2D eigenvalue weighted by Crippen LogP contribution is 2.42. The Morgan fingerprint density at radius 3 is 2.51 bits per heavy atom. The van der Waals surface area contributed by atoms with E-state index in [9.17, 15) is 4.79 Å². The number of aliphatic imine (C=N–C) groups is 1. The minimum absolute atomic E-state index is 0.00872. The number of guanidine groups is 1. The Kier molecular flexibility index (Phi) is 7.14. The third-order valence-corrected chi connectivity index (χ3v) is 8.67. The molecule has 2 atom stereocenters. The largest absolute Gasteiger partial charge is 0.369 e. The van der Waals surface area contributed by atoms with Crippen LogP contribution in [-0.4, -0.2) is 45.4 Å². The molecule has 8 heteroatoms. The number of likely N-dealkylation sites (N-methyl/N-ethyl adjacent to an activating group) is 1. The summed E-state index contributed by atoms with van der Waals surface area (Å²) in [6.45, 7) is 0. The second-order valence-electron chi connectivity index (χ2n) is 10.7. The first-order chi connectivity index (χ1) is 17.0. The summed E-state index contributed by atoms with van der Waals surface area (Å²) in [4.78, 5) is 29.8. The number of halogens is 1. The minimum Gasteiger partial charge on any atom is -0.369 e. The SMILES string of the molecule is CN1C(=O)[C@](CCC2CCCCC2)(C(Nc2cnc3cc(Cl)ccc3n2)C2CCCCC2)N=C1N. The van der Waals surface area contributed by atoms with Crippen molar-refractivity contribution in [3.63, 3.8) is 0 Å². The Morgan fingerprint density at radius 1 is 1.11 bits per heavy atom. The Hall–Kier alpha value is -2.41. The quantitative estimate of drug-likeness (QED) is 0.525. The molecular formula is C27H37ClN6O. The Labute approximate surface area is 212 Å². The summed E-state index contributed by atoms with van der Waals surface area (Å²) in [6, 6.07) is 5.35. The topological polar surface area (TPSA) is 96.5 Å². The molecule has 0 spiro atoms. The van der Waals surface area contributed by atoms with Crippen molar-refractivity contribution in [1.82, 2.24) is 14.9 Å². The predicted octanol–water partition coefficient (Wildman–Crippen LogP) is 5.53. The third kappa shape index (κ3) is 4.97. The van der Waals surface area contributed by atoms with Crippen molar-refractivity contribution in [3.05, 3.63) is 29.4 Å². The van der Waals surface area contributed by atoms with Crippen LogP contribution in [0.25, 0.3) is 11.0 Å². The van der Waals surface area contributed by atoms with Gasteiger partial charge in [0.25, 0.3) is 5.91 Å². The van der Waals surface area contributed by atoms with Crippen molar-refractivity contribution < 1.29 is 4.79 Å². The van der Waals surface area contributed by atoms with Crippen molar-refractivity contribution in [2.75, 3.05) is 12.4 Å². The van der Waals surface area contributed by atoms with Gasteiger partial charge in [-0.15, -0.1) is 0 Å². The van der Waals surface area contributed by atoms with Crippen molar-refractivity contribution in [3.8, 4) is 0 Å². The molecule has 2 aromatic rings. The first kappa shape index (κ1) is 24.3. The number of fused-ring (bicyclic) bond motifs is 1. The number of nitrogens with zero attached hydrogens (tertiary/aromatic N) is 4. The monoisotopic (exact) mass is 496 g/mol. The van der Waals surface area contributed by atoms with Gasteiger partial charge in [-0.3, -0.25) is 14.7 Å². The van der Waals surface area contributed by atoms with Crippen LogP contribution in [0.15, 0.2) is 29.4 Å². The van der Waals surface area contributed by atoms with Gasteiger partial charge in [-0.05, 0) is 55.7 Å². The van der Waals surface area contributed by atoms with Crippen molar-refractivity contribution >= 4 is 40.3 Å². The van der Waals surface area contributed by atoms with E-state index in [1.165, 1.54) is 51.4 Å². The maximum atomic E-state index is 13.9. The number of rotatable bonds is 7. The normalized spacial score (nSPS) is 25.1. The minimum atomic E-state index is -0.908. The standard InChI is InChI=1S/C27H37ClN6O/c1-34-25(35)27(33-26(34)29,15-14-18-8-4-2-5-9-18)24(19-10-6-3-7-11-19)32-23-17-30-22-16-20(28)12-13-21(22)31-23/h12-13,16-19,24H,2-11,14-15H2,1H3,(H2,29,33)(H,31,32)/t24?,27-/m0/s1. The first-order valence-electron chi connectivity index (χ1n) is 13.3. The molecule has 1 unspecified atom stereocenters. The van der Waals surface area contributed by atoms with Crippen LogP contribution in [0.1, 0.15) is 77.0 Å². The Morgan fingerprint density at radius 2 is 1.83 bits per heavy atom. The van der Waals surface area contributed by atoms with Gasteiger partial charge >= 0.3 is 0 Å². The molecule has 7 nitrogen and oxygen atoms in total. The van der Waals surface area contributed by atoms with Crippen LogP contribution in [0.4, 0.5) is 5.82 Å². The summed E-state index contributed by atoms with van der Waals surface area (Å²) in [6.07, 6.45) is 15.6. The van der Waals surface area contributed by atoms with E-state index in [0.29, 0.717) is 35.1 Å². The molecule has 1 aromatic heterocycles. The van der Waals surface area contributed by atoms with E-state index in [1.807, 2.05) is 18.2 Å². The number of nitrogens with one attached hydrogen (secondary N) is 1. The zero-order valence-electron chi connectivity index (χ0n) is 20.7. The maximum absolute atomic E-state index is 13.9. The second-order valence-corrected chi connectivity index (χ2v) is 11.1. The van der Waals surface area contributed by atoms with Crippen LogP contribution in [0.3, 0.4) is 0 Å². The molecule has 3 aliphatic rings. The zero-order valence-corrected chi connectivity index (χ0v) is 21.4. The molecule has 2 heterocycles. The van der Waals surface area contributed by atoms with Gasteiger partial charge in [0, 0.05) is 12.1 Å². The maximum Gasteiger partial charge on any atom is 0.259 e. The van der Waals surface area contributed by atoms with E-state index in [0.717, 1.165) is 30.3 Å². The molecule has 0 bridgehead atoms. The number of anilines is 1. The third-order valence-electron chi connectivity index (χ3n) is 8.43. The summed E-state index contributed by atoms with van der Waals surface area (Å²) >= 11 is 6.14. The van der Waals surface area contributed by atoms with Gasteiger partial charge in [0.15, 0.2) is 11.5 Å². The van der Waals surface area contributed by atoms with Crippen LogP contribution >= 0.6 is 11.6 Å². The molecule has 35 heavy (non-hydrogen) atoms. The van der Waals surface area contributed by atoms with E-state index in [1.54, 1.807) is 18.1 Å². The zero-order chi connectivity index (χ0) is 24.4. The van der Waals surface area contributed by atoms with Gasteiger partial charge in [0.2, 0.25) is 0 Å². The van der Waals surface area contributed by atoms with Crippen LogP contribution in [0.5, 0.6) is 0 Å². The number of hydrogen-bond acceptors (Lipinski definition) is 6. The fourth-order valence-electron chi connectivity index (χ4n) is 6.45. The number of aromatic nitrogens is 2. The molecule has 2 saturated carbocycles. The summed E-state index contributed by atoms with van der Waals surface area (Å²) in [7, 11) is 1.75. The lowest BCUT2D eigenvalue weighted by molar-refractivity contribution is -0.131. The Bertz CT molecular complexity index is 1090. The predicted molar refractivity (Wildman–Crippen MR) is 141 cm³/mol. The molecule has 3 N–H and O–H groups in total. The number of benzene rings is 1. The Balaban J connectivity index is 1.50. The highest BCUT2D eigenvalue weighted by molar-refractivity contribution is 6.31. The lowest BCUT2D eigenvalue weighted by Gasteiger charge is -2.41. The average molecular weight is 497 g/mol. The summed E-state index contributed by atoms with van der Waals surface area (Å²) < 4.78 is 0. The molecule has 1 amide bonds. The summed E-state index contributed by atoms with van der Waals surface area (Å²) in [5.41, 5.74) is 6.91. The van der Waals surface area contributed by atoms with E-state index < -0.39 is 5.54 Å². The number of carbonyl (C=O) groups is 1. The van der Waals surface area contributed by atoms with Gasteiger partial charge < -0.3 is 11.1 Å². The molecule has 2 aliphatic carbocycles.